The fourth-order valence-corrected chi connectivity index (χ4v) is 2.15. The van der Waals surface area contributed by atoms with E-state index in [4.69, 9.17) is 5.11 Å². The average molecular weight is 210 g/mol. The lowest BCUT2D eigenvalue weighted by molar-refractivity contribution is 0.281. The molecule has 1 aromatic carbocycles. The number of rotatable bonds is 4. The topological polar surface area (TPSA) is 20.2 Å². The van der Waals surface area contributed by atoms with Crippen molar-refractivity contribution in [3.8, 4) is 0 Å². The quantitative estimate of drug-likeness (QED) is 0.770. The Bertz CT molecular complexity index is 294. The fourth-order valence-electron chi connectivity index (χ4n) is 1.20. The third-order valence-electron chi connectivity index (χ3n) is 2.07. The molecular formula is C12H18OS. The zero-order chi connectivity index (χ0) is 10.6. The Morgan fingerprint density at radius 3 is 2.57 bits per heavy atom. The molecule has 1 nitrogen and oxygen atoms in total. The van der Waals surface area contributed by atoms with Crippen molar-refractivity contribution in [2.24, 2.45) is 5.92 Å². The monoisotopic (exact) mass is 210 g/mol. The van der Waals surface area contributed by atoms with E-state index in [9.17, 15) is 0 Å². The van der Waals surface area contributed by atoms with Crippen LogP contribution in [0, 0.1) is 12.8 Å². The minimum absolute atomic E-state index is 0.140. The number of hydrogen-bond donors (Lipinski definition) is 1. The summed E-state index contributed by atoms with van der Waals surface area (Å²) in [5.74, 6) is 1.87. The van der Waals surface area contributed by atoms with E-state index in [-0.39, 0.29) is 6.61 Å². The van der Waals surface area contributed by atoms with Crippen molar-refractivity contribution >= 4 is 11.8 Å². The number of aryl methyl sites for hydroxylation is 1. The second-order valence-corrected chi connectivity index (χ2v) is 5.04. The first-order valence-electron chi connectivity index (χ1n) is 4.96. The van der Waals surface area contributed by atoms with Crippen molar-refractivity contribution in [1.82, 2.24) is 0 Å². The molecule has 0 atom stereocenters. The van der Waals surface area contributed by atoms with E-state index in [1.807, 2.05) is 24.8 Å². The fraction of sp³-hybridized carbons (Fsp3) is 0.500. The van der Waals surface area contributed by atoms with E-state index in [0.29, 0.717) is 0 Å². The third kappa shape index (κ3) is 3.35. The standard InChI is InChI=1S/C12H18OS/c1-9(2)8-14-12-5-4-11(7-13)10(3)6-12/h4-6,9,13H,7-8H2,1-3H3. The van der Waals surface area contributed by atoms with Gasteiger partial charge in [0.05, 0.1) is 6.61 Å². The molecule has 0 radical (unpaired) electrons. The summed E-state index contributed by atoms with van der Waals surface area (Å²) in [6.45, 7) is 6.63. The van der Waals surface area contributed by atoms with Crippen LogP contribution in [0.1, 0.15) is 25.0 Å². The summed E-state index contributed by atoms with van der Waals surface area (Å²) in [7, 11) is 0. The van der Waals surface area contributed by atoms with Gasteiger partial charge in [0.25, 0.3) is 0 Å². The van der Waals surface area contributed by atoms with Crippen LogP contribution in [0.2, 0.25) is 0 Å². The predicted molar refractivity (Wildman–Crippen MR) is 62.7 cm³/mol. The Morgan fingerprint density at radius 1 is 1.36 bits per heavy atom. The van der Waals surface area contributed by atoms with Gasteiger partial charge < -0.3 is 5.11 Å². The molecule has 0 fully saturated rings. The van der Waals surface area contributed by atoms with Crippen LogP contribution < -0.4 is 0 Å². The number of aliphatic hydroxyl groups is 1. The van der Waals surface area contributed by atoms with Crippen LogP contribution in [-0.2, 0) is 6.61 Å². The number of benzene rings is 1. The smallest absolute Gasteiger partial charge is 0.0684 e. The van der Waals surface area contributed by atoms with Gasteiger partial charge in [0, 0.05) is 10.6 Å². The van der Waals surface area contributed by atoms with E-state index in [1.54, 1.807) is 0 Å². The van der Waals surface area contributed by atoms with Crippen LogP contribution in [0.3, 0.4) is 0 Å². The van der Waals surface area contributed by atoms with Gasteiger partial charge in [-0.2, -0.15) is 0 Å². The summed E-state index contributed by atoms with van der Waals surface area (Å²) in [5, 5.41) is 9.02. The Kier molecular flexibility index (Phi) is 4.49. The first kappa shape index (κ1) is 11.6. The molecule has 0 unspecified atom stereocenters. The number of hydrogen-bond acceptors (Lipinski definition) is 2. The normalized spacial score (nSPS) is 10.9. The summed E-state index contributed by atoms with van der Waals surface area (Å²) >= 11 is 1.88. The van der Waals surface area contributed by atoms with Gasteiger partial charge in [0.15, 0.2) is 0 Å². The maximum atomic E-state index is 9.02. The van der Waals surface area contributed by atoms with Crippen molar-refractivity contribution in [1.29, 1.82) is 0 Å². The Morgan fingerprint density at radius 2 is 2.07 bits per heavy atom. The number of aliphatic hydroxyl groups excluding tert-OH is 1. The van der Waals surface area contributed by atoms with E-state index < -0.39 is 0 Å². The largest absolute Gasteiger partial charge is 0.392 e. The first-order chi connectivity index (χ1) is 6.63. The van der Waals surface area contributed by atoms with Crippen LogP contribution in [0.15, 0.2) is 23.1 Å². The van der Waals surface area contributed by atoms with Crippen molar-refractivity contribution in [3.63, 3.8) is 0 Å². The molecule has 0 saturated heterocycles. The molecule has 14 heavy (non-hydrogen) atoms. The summed E-state index contributed by atoms with van der Waals surface area (Å²) in [5.41, 5.74) is 2.21. The van der Waals surface area contributed by atoms with Crippen molar-refractivity contribution in [2.75, 3.05) is 5.75 Å². The molecule has 1 aromatic rings. The molecule has 2 heteroatoms. The molecule has 0 amide bonds. The molecule has 0 saturated carbocycles. The predicted octanol–water partition coefficient (Wildman–Crippen LogP) is 3.24. The molecule has 0 spiro atoms. The van der Waals surface area contributed by atoms with E-state index in [1.165, 1.54) is 10.5 Å². The average Bonchev–Trinajstić information content (AvgIpc) is 2.15. The highest BCUT2D eigenvalue weighted by Gasteiger charge is 2.00. The minimum atomic E-state index is 0.140. The first-order valence-corrected chi connectivity index (χ1v) is 5.95. The second-order valence-electron chi connectivity index (χ2n) is 3.95. The maximum Gasteiger partial charge on any atom is 0.0684 e. The second kappa shape index (κ2) is 5.42. The highest BCUT2D eigenvalue weighted by Crippen LogP contribution is 2.23. The van der Waals surface area contributed by atoms with E-state index in [0.717, 1.165) is 17.2 Å². The lowest BCUT2D eigenvalue weighted by atomic mass is 10.1. The van der Waals surface area contributed by atoms with Gasteiger partial charge in [-0.15, -0.1) is 11.8 Å². The highest BCUT2D eigenvalue weighted by atomic mass is 32.2. The summed E-state index contributed by atoms with van der Waals surface area (Å²) in [4.78, 5) is 1.30. The van der Waals surface area contributed by atoms with Gasteiger partial charge in [0.2, 0.25) is 0 Å². The van der Waals surface area contributed by atoms with Crippen LogP contribution in [0.4, 0.5) is 0 Å². The summed E-state index contributed by atoms with van der Waals surface area (Å²) in [6.07, 6.45) is 0. The van der Waals surface area contributed by atoms with Crippen LogP contribution in [0.5, 0.6) is 0 Å². The zero-order valence-electron chi connectivity index (χ0n) is 9.08. The van der Waals surface area contributed by atoms with Gasteiger partial charge in [-0.25, -0.2) is 0 Å². The highest BCUT2D eigenvalue weighted by molar-refractivity contribution is 7.99. The van der Waals surface area contributed by atoms with E-state index >= 15 is 0 Å². The Hall–Kier alpha value is -0.470. The SMILES string of the molecule is Cc1cc(SCC(C)C)ccc1CO. The van der Waals surface area contributed by atoms with Crippen LogP contribution in [-0.4, -0.2) is 10.9 Å². The third-order valence-corrected chi connectivity index (χ3v) is 3.49. The van der Waals surface area contributed by atoms with Crippen LogP contribution >= 0.6 is 11.8 Å². The molecular weight excluding hydrogens is 192 g/mol. The molecule has 0 bridgehead atoms. The van der Waals surface area contributed by atoms with Gasteiger partial charge in [-0.3, -0.25) is 0 Å². The van der Waals surface area contributed by atoms with Gasteiger partial charge >= 0.3 is 0 Å². The molecule has 0 heterocycles. The molecule has 0 aliphatic heterocycles. The van der Waals surface area contributed by atoms with Crippen LogP contribution in [0.25, 0.3) is 0 Å². The lowest BCUT2D eigenvalue weighted by Crippen LogP contribution is -1.92. The maximum absolute atomic E-state index is 9.02. The molecule has 1 rings (SSSR count). The van der Waals surface area contributed by atoms with Crippen molar-refractivity contribution in [2.45, 2.75) is 32.3 Å². The van der Waals surface area contributed by atoms with Crippen molar-refractivity contribution in [3.05, 3.63) is 29.3 Å². The van der Waals surface area contributed by atoms with Crippen molar-refractivity contribution < 1.29 is 5.11 Å². The molecule has 0 aromatic heterocycles. The van der Waals surface area contributed by atoms with Gasteiger partial charge in [0.1, 0.15) is 0 Å². The molecule has 1 N–H and O–H groups in total. The van der Waals surface area contributed by atoms with Gasteiger partial charge in [-0.1, -0.05) is 19.9 Å². The summed E-state index contributed by atoms with van der Waals surface area (Å²) in [6, 6.07) is 6.25. The molecule has 78 valence electrons. The van der Waals surface area contributed by atoms with Gasteiger partial charge in [-0.05, 0) is 36.1 Å². The lowest BCUT2D eigenvalue weighted by Gasteiger charge is -2.07. The van der Waals surface area contributed by atoms with E-state index in [2.05, 4.69) is 26.0 Å². The molecule has 0 aliphatic carbocycles. The Labute approximate surface area is 90.5 Å². The molecule has 0 aliphatic rings. The minimum Gasteiger partial charge on any atom is -0.392 e. The summed E-state index contributed by atoms with van der Waals surface area (Å²) < 4.78 is 0. The Balaban J connectivity index is 2.66. The zero-order valence-corrected chi connectivity index (χ0v) is 9.90. The number of thioether (sulfide) groups is 1.